The topological polar surface area (TPSA) is 59.4 Å². The molecule has 6 nitrogen and oxygen atoms in total. The van der Waals surface area contributed by atoms with Crippen molar-refractivity contribution in [1.82, 2.24) is 20.0 Å². The van der Waals surface area contributed by atoms with Crippen LogP contribution in [0.3, 0.4) is 0 Å². The highest BCUT2D eigenvalue weighted by Crippen LogP contribution is 2.26. The van der Waals surface area contributed by atoms with E-state index in [1.807, 2.05) is 80.8 Å². The van der Waals surface area contributed by atoms with Gasteiger partial charge in [-0.15, -0.1) is 0 Å². The van der Waals surface area contributed by atoms with Gasteiger partial charge in [0.25, 0.3) is 5.91 Å². The smallest absolute Gasteiger partial charge is 0.255 e. The van der Waals surface area contributed by atoms with Crippen LogP contribution in [0.1, 0.15) is 21.5 Å². The highest BCUT2D eigenvalue weighted by molar-refractivity contribution is 6.00. The molecule has 3 aromatic carbocycles. The molecule has 4 aromatic rings. The van der Waals surface area contributed by atoms with Gasteiger partial charge in [-0.3, -0.25) is 4.79 Å². The summed E-state index contributed by atoms with van der Waals surface area (Å²) in [6.07, 6.45) is 1.79. The Morgan fingerprint density at radius 1 is 0.939 bits per heavy atom. The zero-order valence-corrected chi connectivity index (χ0v) is 19.2. The van der Waals surface area contributed by atoms with Crippen molar-refractivity contribution in [3.8, 4) is 22.7 Å². The van der Waals surface area contributed by atoms with Crippen LogP contribution in [0.25, 0.3) is 16.9 Å². The lowest BCUT2D eigenvalue weighted by Crippen LogP contribution is -2.24. The summed E-state index contributed by atoms with van der Waals surface area (Å²) in [5, 5.41) is 7.84. The number of methoxy groups -OCH3 is 1. The lowest BCUT2D eigenvalue weighted by Gasteiger charge is -2.14. The zero-order chi connectivity index (χ0) is 23.2. The number of nitrogens with one attached hydrogen (secondary N) is 1. The first-order valence-corrected chi connectivity index (χ1v) is 10.8. The number of amides is 1. The van der Waals surface area contributed by atoms with Gasteiger partial charge in [-0.2, -0.15) is 5.10 Å². The minimum atomic E-state index is -0.164. The van der Waals surface area contributed by atoms with E-state index in [-0.39, 0.29) is 5.91 Å². The minimum Gasteiger partial charge on any atom is -0.497 e. The molecule has 168 valence electrons. The van der Waals surface area contributed by atoms with Crippen molar-refractivity contribution in [1.29, 1.82) is 0 Å². The van der Waals surface area contributed by atoms with Crippen LogP contribution in [0.5, 0.6) is 5.75 Å². The van der Waals surface area contributed by atoms with E-state index in [1.54, 1.807) is 18.0 Å². The Balaban J connectivity index is 1.64. The molecule has 0 aliphatic rings. The van der Waals surface area contributed by atoms with Gasteiger partial charge in [0.05, 0.1) is 18.4 Å². The molecule has 0 fully saturated rings. The number of rotatable bonds is 8. The van der Waals surface area contributed by atoms with E-state index in [1.165, 1.54) is 5.56 Å². The van der Waals surface area contributed by atoms with Gasteiger partial charge in [0, 0.05) is 24.8 Å². The van der Waals surface area contributed by atoms with E-state index in [2.05, 4.69) is 22.3 Å². The third-order valence-corrected chi connectivity index (χ3v) is 5.39. The second-order valence-electron chi connectivity index (χ2n) is 8.09. The molecule has 0 spiro atoms. The summed E-state index contributed by atoms with van der Waals surface area (Å²) >= 11 is 0. The molecule has 4 rings (SSSR count). The number of hydrogen-bond acceptors (Lipinski definition) is 4. The molecule has 1 amide bonds. The summed E-state index contributed by atoms with van der Waals surface area (Å²) in [5.41, 5.74) is 5.18. The van der Waals surface area contributed by atoms with Crippen molar-refractivity contribution >= 4 is 5.91 Å². The van der Waals surface area contributed by atoms with Crippen LogP contribution < -0.4 is 10.1 Å². The monoisotopic (exact) mass is 440 g/mol. The maximum Gasteiger partial charge on any atom is 0.255 e. The molecule has 0 saturated heterocycles. The fourth-order valence-corrected chi connectivity index (χ4v) is 3.71. The Morgan fingerprint density at radius 3 is 2.27 bits per heavy atom. The summed E-state index contributed by atoms with van der Waals surface area (Å²) in [4.78, 5) is 15.4. The first kappa shape index (κ1) is 22.3. The number of hydrogen-bond donors (Lipinski definition) is 1. The second-order valence-corrected chi connectivity index (χ2v) is 8.09. The van der Waals surface area contributed by atoms with Gasteiger partial charge in [0.15, 0.2) is 0 Å². The van der Waals surface area contributed by atoms with Crippen LogP contribution in [0.4, 0.5) is 0 Å². The predicted molar refractivity (Wildman–Crippen MR) is 131 cm³/mol. The summed E-state index contributed by atoms with van der Waals surface area (Å²) in [6.45, 7) is 1.26. The normalized spacial score (nSPS) is 10.9. The Morgan fingerprint density at radius 2 is 1.61 bits per heavy atom. The molecule has 6 heteroatoms. The van der Waals surface area contributed by atoms with Crippen molar-refractivity contribution in [3.05, 3.63) is 102 Å². The van der Waals surface area contributed by atoms with Crippen LogP contribution in [-0.4, -0.2) is 41.8 Å². The SMILES string of the molecule is COc1ccc(-c2nn(-c3ccccc3)cc2C(=O)NCc2ccccc2CN(C)C)cc1. The molecule has 1 heterocycles. The number of benzene rings is 3. The number of nitrogens with zero attached hydrogens (tertiary/aromatic N) is 3. The van der Waals surface area contributed by atoms with Crippen LogP contribution in [0.15, 0.2) is 85.1 Å². The maximum atomic E-state index is 13.3. The fraction of sp³-hybridized carbons (Fsp3) is 0.185. The largest absolute Gasteiger partial charge is 0.497 e. The lowest BCUT2D eigenvalue weighted by molar-refractivity contribution is 0.0951. The maximum absolute atomic E-state index is 13.3. The Bertz CT molecular complexity index is 1210. The van der Waals surface area contributed by atoms with Crippen molar-refractivity contribution in [2.45, 2.75) is 13.1 Å². The van der Waals surface area contributed by atoms with Gasteiger partial charge in [0.2, 0.25) is 0 Å². The lowest BCUT2D eigenvalue weighted by atomic mass is 10.1. The Kier molecular flexibility index (Phi) is 6.86. The Hall–Kier alpha value is -3.90. The second kappa shape index (κ2) is 10.1. The van der Waals surface area contributed by atoms with E-state index < -0.39 is 0 Å². The van der Waals surface area contributed by atoms with Crippen LogP contribution in [0, 0.1) is 0 Å². The van der Waals surface area contributed by atoms with Gasteiger partial charge >= 0.3 is 0 Å². The molecule has 0 unspecified atom stereocenters. The number of aromatic nitrogens is 2. The average molecular weight is 441 g/mol. The number of carbonyl (C=O) groups is 1. The quantitative estimate of drug-likeness (QED) is 0.437. The summed E-state index contributed by atoms with van der Waals surface area (Å²) in [5.74, 6) is 0.590. The molecular formula is C27H28N4O2. The Labute approximate surface area is 194 Å². The zero-order valence-electron chi connectivity index (χ0n) is 19.2. The van der Waals surface area contributed by atoms with Gasteiger partial charge in [-0.05, 0) is 61.6 Å². The fourth-order valence-electron chi connectivity index (χ4n) is 3.71. The third kappa shape index (κ3) is 5.30. The molecular weight excluding hydrogens is 412 g/mol. The van der Waals surface area contributed by atoms with E-state index in [9.17, 15) is 4.79 Å². The average Bonchev–Trinajstić information content (AvgIpc) is 3.29. The van der Waals surface area contributed by atoms with Crippen LogP contribution >= 0.6 is 0 Å². The van der Waals surface area contributed by atoms with E-state index in [0.717, 1.165) is 29.1 Å². The molecule has 33 heavy (non-hydrogen) atoms. The van der Waals surface area contributed by atoms with E-state index in [0.29, 0.717) is 17.8 Å². The number of carbonyl (C=O) groups excluding carboxylic acids is 1. The van der Waals surface area contributed by atoms with Gasteiger partial charge in [-0.25, -0.2) is 4.68 Å². The molecule has 0 aliphatic carbocycles. The molecule has 0 radical (unpaired) electrons. The highest BCUT2D eigenvalue weighted by Gasteiger charge is 2.19. The number of para-hydroxylation sites is 1. The molecule has 0 saturated carbocycles. The molecule has 1 N–H and O–H groups in total. The summed E-state index contributed by atoms with van der Waals surface area (Å²) < 4.78 is 7.02. The molecule has 0 aliphatic heterocycles. The number of ether oxygens (including phenoxy) is 1. The molecule has 0 bridgehead atoms. The standard InChI is InChI=1S/C27H28N4O2/c1-30(2)18-22-10-8-7-9-21(22)17-28-27(32)25-19-31(23-11-5-4-6-12-23)29-26(25)20-13-15-24(33-3)16-14-20/h4-16,19H,17-18H2,1-3H3,(H,28,32). The summed E-state index contributed by atoms with van der Waals surface area (Å²) in [7, 11) is 5.70. The first-order chi connectivity index (χ1) is 16.0. The van der Waals surface area contributed by atoms with Crippen molar-refractivity contribution in [2.75, 3.05) is 21.2 Å². The van der Waals surface area contributed by atoms with E-state index in [4.69, 9.17) is 9.84 Å². The highest BCUT2D eigenvalue weighted by atomic mass is 16.5. The molecule has 1 aromatic heterocycles. The minimum absolute atomic E-state index is 0.164. The van der Waals surface area contributed by atoms with Gasteiger partial charge in [0.1, 0.15) is 11.4 Å². The van der Waals surface area contributed by atoms with Crippen molar-refractivity contribution < 1.29 is 9.53 Å². The van der Waals surface area contributed by atoms with E-state index >= 15 is 0 Å². The van der Waals surface area contributed by atoms with Crippen LogP contribution in [-0.2, 0) is 13.1 Å². The van der Waals surface area contributed by atoms with Crippen LogP contribution in [0.2, 0.25) is 0 Å². The van der Waals surface area contributed by atoms with Crippen molar-refractivity contribution in [2.24, 2.45) is 0 Å². The summed E-state index contributed by atoms with van der Waals surface area (Å²) in [6, 6.07) is 25.5. The van der Waals surface area contributed by atoms with Crippen molar-refractivity contribution in [3.63, 3.8) is 0 Å². The third-order valence-electron chi connectivity index (χ3n) is 5.39. The van der Waals surface area contributed by atoms with Gasteiger partial charge < -0.3 is 15.0 Å². The van der Waals surface area contributed by atoms with Gasteiger partial charge in [-0.1, -0.05) is 42.5 Å². The first-order valence-electron chi connectivity index (χ1n) is 10.8. The molecule has 0 atom stereocenters. The predicted octanol–water partition coefficient (Wildman–Crippen LogP) is 4.54.